The number of Topliss-reactive ketones (excluding diaryl/α,β-unsaturated/α-hetero) is 1. The second kappa shape index (κ2) is 5.44. The molecule has 2 rings (SSSR count). The summed E-state index contributed by atoms with van der Waals surface area (Å²) in [5, 5.41) is 0. The third kappa shape index (κ3) is 2.31. The third-order valence-corrected chi connectivity index (χ3v) is 3.47. The molecule has 108 valence electrons. The maximum Gasteiger partial charge on any atom is 0.332 e. The van der Waals surface area contributed by atoms with Crippen LogP contribution in [0.1, 0.15) is 26.2 Å². The highest BCUT2D eigenvalue weighted by molar-refractivity contribution is 5.77. The van der Waals surface area contributed by atoms with Gasteiger partial charge in [-0.1, -0.05) is 6.92 Å². The largest absolute Gasteiger partial charge is 0.332 e. The molecule has 2 aromatic rings. The molecule has 7 heteroatoms. The Morgan fingerprint density at radius 1 is 1.25 bits per heavy atom. The number of rotatable bonds is 5. The fourth-order valence-electron chi connectivity index (χ4n) is 2.19. The zero-order chi connectivity index (χ0) is 14.9. The number of hydrogen-bond donors (Lipinski definition) is 0. The van der Waals surface area contributed by atoms with Crippen molar-refractivity contribution < 1.29 is 4.79 Å². The summed E-state index contributed by atoms with van der Waals surface area (Å²) in [6.45, 7) is 2.37. The molecular weight excluding hydrogens is 260 g/mol. The van der Waals surface area contributed by atoms with E-state index >= 15 is 0 Å². The van der Waals surface area contributed by atoms with Gasteiger partial charge >= 0.3 is 5.69 Å². The molecular formula is C13H18N4O3. The molecule has 0 bridgehead atoms. The Balaban J connectivity index is 2.40. The van der Waals surface area contributed by atoms with Crippen LogP contribution in [-0.2, 0) is 25.4 Å². The summed E-state index contributed by atoms with van der Waals surface area (Å²) in [4.78, 5) is 39.4. The van der Waals surface area contributed by atoms with Crippen molar-refractivity contribution in [1.29, 1.82) is 0 Å². The van der Waals surface area contributed by atoms with E-state index in [9.17, 15) is 14.4 Å². The van der Waals surface area contributed by atoms with Crippen LogP contribution < -0.4 is 11.2 Å². The predicted molar refractivity (Wildman–Crippen MR) is 74.7 cm³/mol. The molecule has 0 saturated heterocycles. The van der Waals surface area contributed by atoms with Crippen molar-refractivity contribution in [3.8, 4) is 0 Å². The van der Waals surface area contributed by atoms with Gasteiger partial charge in [0.1, 0.15) is 5.78 Å². The minimum atomic E-state index is -0.395. The first-order valence-electron chi connectivity index (χ1n) is 6.60. The van der Waals surface area contributed by atoms with Crippen LogP contribution >= 0.6 is 0 Å². The molecule has 0 aromatic carbocycles. The molecule has 7 nitrogen and oxygen atoms in total. The van der Waals surface area contributed by atoms with Gasteiger partial charge in [-0.05, 0) is 6.42 Å². The topological polar surface area (TPSA) is 78.9 Å². The van der Waals surface area contributed by atoms with E-state index in [0.29, 0.717) is 37.0 Å². The molecule has 0 N–H and O–H groups in total. The molecule has 0 saturated carbocycles. The number of imidazole rings is 1. The standard InChI is InChI=1S/C13H18N4O3/c1-4-9(18)6-5-7-17-8-14-11-10(17)12(19)16(3)13(20)15(11)2/h8H,4-7H2,1-3H3. The number of nitrogens with zero attached hydrogens (tertiary/aromatic N) is 4. The monoisotopic (exact) mass is 278 g/mol. The van der Waals surface area contributed by atoms with Crippen molar-refractivity contribution in [2.24, 2.45) is 14.1 Å². The van der Waals surface area contributed by atoms with Gasteiger partial charge in [-0.2, -0.15) is 0 Å². The first-order valence-corrected chi connectivity index (χ1v) is 6.60. The second-order valence-electron chi connectivity index (χ2n) is 4.81. The number of ketones is 1. The van der Waals surface area contributed by atoms with Crippen molar-refractivity contribution in [3.63, 3.8) is 0 Å². The average Bonchev–Trinajstić information content (AvgIpc) is 2.86. The van der Waals surface area contributed by atoms with Crippen LogP contribution in [0.4, 0.5) is 0 Å². The average molecular weight is 278 g/mol. The van der Waals surface area contributed by atoms with Gasteiger partial charge in [0.2, 0.25) is 0 Å². The summed E-state index contributed by atoms with van der Waals surface area (Å²) in [6, 6.07) is 0. The van der Waals surface area contributed by atoms with Crippen LogP contribution in [0.15, 0.2) is 15.9 Å². The molecule has 2 heterocycles. The molecule has 20 heavy (non-hydrogen) atoms. The third-order valence-electron chi connectivity index (χ3n) is 3.47. The molecule has 0 spiro atoms. The maximum absolute atomic E-state index is 12.2. The van der Waals surface area contributed by atoms with E-state index in [4.69, 9.17) is 0 Å². The normalized spacial score (nSPS) is 11.2. The number of aromatic nitrogens is 4. The highest BCUT2D eigenvalue weighted by Gasteiger charge is 2.13. The van der Waals surface area contributed by atoms with Gasteiger partial charge in [0.25, 0.3) is 5.56 Å². The molecule has 0 aliphatic carbocycles. The van der Waals surface area contributed by atoms with Crippen molar-refractivity contribution in [1.82, 2.24) is 18.7 Å². The Morgan fingerprint density at radius 2 is 1.95 bits per heavy atom. The molecule has 0 amide bonds. The van der Waals surface area contributed by atoms with E-state index in [1.165, 1.54) is 11.6 Å². The van der Waals surface area contributed by atoms with Gasteiger partial charge in [-0.25, -0.2) is 9.78 Å². The molecule has 0 aliphatic rings. The van der Waals surface area contributed by atoms with Crippen molar-refractivity contribution in [3.05, 3.63) is 27.2 Å². The Labute approximate surface area is 115 Å². The van der Waals surface area contributed by atoms with E-state index in [0.717, 1.165) is 4.57 Å². The fraction of sp³-hybridized carbons (Fsp3) is 0.538. The SMILES string of the molecule is CCC(=O)CCCn1cnc2c1c(=O)n(C)c(=O)n2C. The van der Waals surface area contributed by atoms with Crippen molar-refractivity contribution >= 4 is 16.9 Å². The quantitative estimate of drug-likeness (QED) is 0.782. The van der Waals surface area contributed by atoms with Gasteiger partial charge in [-0.15, -0.1) is 0 Å². The summed E-state index contributed by atoms with van der Waals surface area (Å²) in [5.41, 5.74) is 0.0230. The maximum atomic E-state index is 12.2. The lowest BCUT2D eigenvalue weighted by atomic mass is 10.2. The fourth-order valence-corrected chi connectivity index (χ4v) is 2.19. The van der Waals surface area contributed by atoms with Gasteiger partial charge in [0, 0.05) is 33.5 Å². The summed E-state index contributed by atoms with van der Waals surface area (Å²) >= 11 is 0. The lowest BCUT2D eigenvalue weighted by Gasteiger charge is -2.06. The zero-order valence-corrected chi connectivity index (χ0v) is 11.9. The lowest BCUT2D eigenvalue weighted by molar-refractivity contribution is -0.118. The van der Waals surface area contributed by atoms with E-state index in [1.54, 1.807) is 17.9 Å². The summed E-state index contributed by atoms with van der Waals surface area (Å²) in [7, 11) is 3.03. The number of carbonyl (C=O) groups excluding carboxylic acids is 1. The first-order chi connectivity index (χ1) is 9.47. The Bertz CT molecular complexity index is 766. The summed E-state index contributed by atoms with van der Waals surface area (Å²) in [5.74, 6) is 0.203. The van der Waals surface area contributed by atoms with Crippen LogP contribution in [0.3, 0.4) is 0 Å². The Kier molecular flexibility index (Phi) is 3.87. The zero-order valence-electron chi connectivity index (χ0n) is 11.9. The summed E-state index contributed by atoms with van der Waals surface area (Å²) in [6.07, 6.45) is 3.22. The van der Waals surface area contributed by atoms with Gasteiger partial charge < -0.3 is 4.57 Å². The number of carbonyl (C=O) groups is 1. The molecule has 0 unspecified atom stereocenters. The smallest absolute Gasteiger partial charge is 0.325 e. The molecule has 0 atom stereocenters. The van der Waals surface area contributed by atoms with Crippen LogP contribution in [0, 0.1) is 0 Å². The Hall–Kier alpha value is -2.18. The van der Waals surface area contributed by atoms with E-state index in [-0.39, 0.29) is 11.3 Å². The minimum absolute atomic E-state index is 0.203. The molecule has 2 aromatic heterocycles. The Morgan fingerprint density at radius 3 is 2.60 bits per heavy atom. The van der Waals surface area contributed by atoms with E-state index < -0.39 is 5.69 Å². The predicted octanol–water partition coefficient (Wildman–Crippen LogP) is 0.193. The van der Waals surface area contributed by atoms with E-state index in [2.05, 4.69) is 4.98 Å². The van der Waals surface area contributed by atoms with Gasteiger partial charge in [-0.3, -0.25) is 18.7 Å². The van der Waals surface area contributed by atoms with Crippen molar-refractivity contribution in [2.45, 2.75) is 32.7 Å². The van der Waals surface area contributed by atoms with Crippen molar-refractivity contribution in [2.75, 3.05) is 0 Å². The van der Waals surface area contributed by atoms with Gasteiger partial charge in [0.05, 0.1) is 6.33 Å². The van der Waals surface area contributed by atoms with Crippen LogP contribution in [0.5, 0.6) is 0 Å². The van der Waals surface area contributed by atoms with Crippen LogP contribution in [-0.4, -0.2) is 24.5 Å². The number of aryl methyl sites for hydroxylation is 2. The highest BCUT2D eigenvalue weighted by atomic mass is 16.2. The van der Waals surface area contributed by atoms with Gasteiger partial charge in [0.15, 0.2) is 11.2 Å². The molecule has 0 radical (unpaired) electrons. The number of hydrogen-bond acceptors (Lipinski definition) is 4. The van der Waals surface area contributed by atoms with E-state index in [1.807, 2.05) is 6.92 Å². The van der Waals surface area contributed by atoms with Crippen LogP contribution in [0.25, 0.3) is 11.2 Å². The highest BCUT2D eigenvalue weighted by Crippen LogP contribution is 2.07. The first kappa shape index (κ1) is 14.2. The minimum Gasteiger partial charge on any atom is -0.325 e. The van der Waals surface area contributed by atoms with Crippen LogP contribution in [0.2, 0.25) is 0 Å². The summed E-state index contributed by atoms with van der Waals surface area (Å²) < 4.78 is 4.13. The molecule has 0 fully saturated rings. The second-order valence-corrected chi connectivity index (χ2v) is 4.81. The lowest BCUT2D eigenvalue weighted by Crippen LogP contribution is -2.37. The molecule has 0 aliphatic heterocycles. The number of fused-ring (bicyclic) bond motifs is 1.